The zero-order valence-electron chi connectivity index (χ0n) is 7.25. The zero-order valence-corrected chi connectivity index (χ0v) is 7.25. The van der Waals surface area contributed by atoms with Crippen LogP contribution in [0.25, 0.3) is 5.57 Å². The summed E-state index contributed by atoms with van der Waals surface area (Å²) in [5.74, 6) is 0.272. The lowest BCUT2D eigenvalue weighted by Gasteiger charge is -2.14. The number of hydrogen-bond donors (Lipinski definition) is 2. The highest BCUT2D eigenvalue weighted by Crippen LogP contribution is 2.27. The van der Waals surface area contributed by atoms with E-state index in [4.69, 9.17) is 5.41 Å². The van der Waals surface area contributed by atoms with Gasteiger partial charge in [0.1, 0.15) is 5.75 Å². The smallest absolute Gasteiger partial charge is 0.116 e. The maximum Gasteiger partial charge on any atom is 0.116 e. The topological polar surface area (TPSA) is 44.1 Å². The number of rotatable bonds is 1. The van der Waals surface area contributed by atoms with E-state index in [2.05, 4.69) is 0 Å². The molecule has 2 heteroatoms. The van der Waals surface area contributed by atoms with Gasteiger partial charge < -0.3 is 10.5 Å². The summed E-state index contributed by atoms with van der Waals surface area (Å²) in [6.45, 7) is 0. The van der Waals surface area contributed by atoms with Crippen molar-refractivity contribution in [3.63, 3.8) is 0 Å². The predicted octanol–water partition coefficient (Wildman–Crippen LogP) is 2.37. The van der Waals surface area contributed by atoms with E-state index in [1.807, 2.05) is 12.1 Å². The lowest BCUT2D eigenvalue weighted by molar-refractivity contribution is 0.475. The Morgan fingerprint density at radius 2 is 2.23 bits per heavy atom. The minimum atomic E-state index is 0.272. The highest BCUT2D eigenvalue weighted by molar-refractivity contribution is 6.09. The second kappa shape index (κ2) is 3.05. The van der Waals surface area contributed by atoms with E-state index in [0.717, 1.165) is 24.0 Å². The average Bonchev–Trinajstić information content (AvgIpc) is 2.17. The molecule has 1 aliphatic rings. The van der Waals surface area contributed by atoms with E-state index in [1.165, 1.54) is 11.8 Å². The summed E-state index contributed by atoms with van der Waals surface area (Å²) >= 11 is 0. The van der Waals surface area contributed by atoms with Gasteiger partial charge in [-0.3, -0.25) is 0 Å². The molecular formula is C11H11NO. The van der Waals surface area contributed by atoms with E-state index in [-0.39, 0.29) is 5.75 Å². The largest absolute Gasteiger partial charge is 0.508 e. The van der Waals surface area contributed by atoms with Crippen molar-refractivity contribution in [1.29, 1.82) is 5.41 Å². The first-order chi connectivity index (χ1) is 6.31. The Morgan fingerprint density at radius 3 is 3.00 bits per heavy atom. The van der Waals surface area contributed by atoms with Crippen LogP contribution in [0.2, 0.25) is 0 Å². The van der Waals surface area contributed by atoms with Gasteiger partial charge in [-0.05, 0) is 41.7 Å². The fraction of sp³-hybridized carbons (Fsp3) is 0.182. The van der Waals surface area contributed by atoms with E-state index < -0.39 is 0 Å². The quantitative estimate of drug-likeness (QED) is 0.629. The van der Waals surface area contributed by atoms with Gasteiger partial charge in [0.2, 0.25) is 0 Å². The molecule has 2 rings (SSSR count). The summed E-state index contributed by atoms with van der Waals surface area (Å²) in [5, 5.41) is 16.5. The highest BCUT2D eigenvalue weighted by atomic mass is 16.3. The highest BCUT2D eigenvalue weighted by Gasteiger charge is 2.10. The number of hydrogen-bond acceptors (Lipinski definition) is 2. The predicted molar refractivity (Wildman–Crippen MR) is 53.2 cm³/mol. The summed E-state index contributed by atoms with van der Waals surface area (Å²) in [4.78, 5) is 0. The Kier molecular flexibility index (Phi) is 1.89. The molecule has 0 bridgehead atoms. The first-order valence-corrected chi connectivity index (χ1v) is 4.34. The molecular weight excluding hydrogens is 162 g/mol. The third-order valence-electron chi connectivity index (χ3n) is 2.34. The molecule has 0 spiro atoms. The molecule has 2 N–H and O–H groups in total. The second-order valence-corrected chi connectivity index (χ2v) is 3.18. The van der Waals surface area contributed by atoms with Gasteiger partial charge in [0, 0.05) is 6.21 Å². The van der Waals surface area contributed by atoms with Crippen molar-refractivity contribution in [2.75, 3.05) is 0 Å². The van der Waals surface area contributed by atoms with Gasteiger partial charge in [0.25, 0.3) is 0 Å². The fourth-order valence-corrected chi connectivity index (χ4v) is 1.68. The lowest BCUT2D eigenvalue weighted by atomic mass is 9.91. The van der Waals surface area contributed by atoms with Crippen molar-refractivity contribution < 1.29 is 5.11 Å². The Morgan fingerprint density at radius 1 is 1.38 bits per heavy atom. The third-order valence-corrected chi connectivity index (χ3v) is 2.34. The number of nitrogens with one attached hydrogen (secondary N) is 1. The van der Waals surface area contributed by atoms with Crippen molar-refractivity contribution in [3.8, 4) is 5.75 Å². The van der Waals surface area contributed by atoms with Gasteiger partial charge in [-0.2, -0.15) is 0 Å². The number of aromatic hydroxyl groups is 1. The maximum absolute atomic E-state index is 9.30. The van der Waals surface area contributed by atoms with Crippen molar-refractivity contribution in [2.24, 2.45) is 0 Å². The maximum atomic E-state index is 9.30. The van der Waals surface area contributed by atoms with Gasteiger partial charge in [-0.25, -0.2) is 0 Å². The number of benzene rings is 1. The molecule has 1 aromatic carbocycles. The summed E-state index contributed by atoms with van der Waals surface area (Å²) in [6.07, 6.45) is 5.38. The van der Waals surface area contributed by atoms with Crippen LogP contribution < -0.4 is 0 Å². The number of phenols is 1. The van der Waals surface area contributed by atoms with Crippen molar-refractivity contribution in [1.82, 2.24) is 0 Å². The number of phenolic OH excluding ortho intramolecular Hbond substituents is 1. The average molecular weight is 173 g/mol. The summed E-state index contributed by atoms with van der Waals surface area (Å²) in [7, 11) is 0. The summed E-state index contributed by atoms with van der Waals surface area (Å²) < 4.78 is 0. The Bertz CT molecular complexity index is 380. The van der Waals surface area contributed by atoms with Crippen LogP contribution in [0, 0.1) is 5.41 Å². The first-order valence-electron chi connectivity index (χ1n) is 4.34. The number of allylic oxidation sites excluding steroid dienone is 2. The van der Waals surface area contributed by atoms with Crippen LogP contribution in [0.15, 0.2) is 24.3 Å². The van der Waals surface area contributed by atoms with Crippen LogP contribution in [-0.4, -0.2) is 11.3 Å². The lowest BCUT2D eigenvalue weighted by Crippen LogP contribution is -1.99. The van der Waals surface area contributed by atoms with Crippen molar-refractivity contribution in [3.05, 3.63) is 35.4 Å². The van der Waals surface area contributed by atoms with Crippen LogP contribution >= 0.6 is 0 Å². The molecule has 0 aliphatic heterocycles. The third kappa shape index (κ3) is 1.35. The SMILES string of the molecule is N=CC1=CCCc2ccc(O)cc21. The van der Waals surface area contributed by atoms with Gasteiger partial charge in [-0.1, -0.05) is 12.1 Å². The Balaban J connectivity index is 2.57. The molecule has 0 aromatic heterocycles. The van der Waals surface area contributed by atoms with Crippen molar-refractivity contribution in [2.45, 2.75) is 12.8 Å². The van der Waals surface area contributed by atoms with E-state index in [1.54, 1.807) is 12.1 Å². The number of aryl methyl sites for hydroxylation is 1. The van der Waals surface area contributed by atoms with E-state index >= 15 is 0 Å². The van der Waals surface area contributed by atoms with Crippen LogP contribution in [0.1, 0.15) is 17.5 Å². The minimum absolute atomic E-state index is 0.272. The molecule has 1 aromatic rings. The normalized spacial score (nSPS) is 14.6. The van der Waals surface area contributed by atoms with E-state index in [9.17, 15) is 5.11 Å². The Labute approximate surface area is 77.0 Å². The molecule has 0 saturated heterocycles. The van der Waals surface area contributed by atoms with Gasteiger partial charge in [-0.15, -0.1) is 0 Å². The minimum Gasteiger partial charge on any atom is -0.508 e. The van der Waals surface area contributed by atoms with Crippen molar-refractivity contribution >= 4 is 11.8 Å². The van der Waals surface area contributed by atoms with Crippen LogP contribution in [-0.2, 0) is 6.42 Å². The molecule has 0 radical (unpaired) electrons. The van der Waals surface area contributed by atoms with E-state index in [0.29, 0.717) is 0 Å². The fourth-order valence-electron chi connectivity index (χ4n) is 1.68. The monoisotopic (exact) mass is 173 g/mol. The van der Waals surface area contributed by atoms with Crippen LogP contribution in [0.4, 0.5) is 0 Å². The van der Waals surface area contributed by atoms with Crippen LogP contribution in [0.3, 0.4) is 0 Å². The summed E-state index contributed by atoms with van der Waals surface area (Å²) in [5.41, 5.74) is 3.14. The molecule has 1 aliphatic carbocycles. The molecule has 0 fully saturated rings. The molecule has 0 saturated carbocycles. The molecule has 0 heterocycles. The molecule has 0 atom stereocenters. The van der Waals surface area contributed by atoms with Gasteiger partial charge in [0.05, 0.1) is 0 Å². The standard InChI is InChI=1S/C11H11NO/c12-7-9-3-1-2-8-4-5-10(13)6-11(8)9/h3-7,12-13H,1-2H2. The Hall–Kier alpha value is -1.57. The van der Waals surface area contributed by atoms with Crippen LogP contribution in [0.5, 0.6) is 5.75 Å². The zero-order chi connectivity index (χ0) is 9.26. The van der Waals surface area contributed by atoms with Gasteiger partial charge >= 0.3 is 0 Å². The molecule has 13 heavy (non-hydrogen) atoms. The number of fused-ring (bicyclic) bond motifs is 1. The molecule has 66 valence electrons. The second-order valence-electron chi connectivity index (χ2n) is 3.18. The molecule has 0 amide bonds. The molecule has 0 unspecified atom stereocenters. The molecule has 2 nitrogen and oxygen atoms in total. The first kappa shape index (κ1) is 8.05. The van der Waals surface area contributed by atoms with Gasteiger partial charge in [0.15, 0.2) is 0 Å². The summed E-state index contributed by atoms with van der Waals surface area (Å²) in [6, 6.07) is 5.36.